The minimum atomic E-state index is -0.182. The summed E-state index contributed by atoms with van der Waals surface area (Å²) in [6, 6.07) is 4.98. The SMILES string of the molecule is CN(C)C(=O)c1cc(NC(=O)C2CCNCC2)ccc1Cl. The molecular weight excluding hydrogens is 290 g/mol. The van der Waals surface area contributed by atoms with Crippen molar-refractivity contribution in [2.24, 2.45) is 5.92 Å². The average molecular weight is 310 g/mol. The maximum atomic E-state index is 12.2. The van der Waals surface area contributed by atoms with Crippen molar-refractivity contribution in [1.29, 1.82) is 0 Å². The number of nitrogens with zero attached hydrogens (tertiary/aromatic N) is 1. The van der Waals surface area contributed by atoms with Crippen molar-refractivity contribution >= 4 is 29.1 Å². The van der Waals surface area contributed by atoms with Gasteiger partial charge in [0.15, 0.2) is 0 Å². The van der Waals surface area contributed by atoms with E-state index in [4.69, 9.17) is 11.6 Å². The molecule has 2 rings (SSSR count). The Morgan fingerprint density at radius 2 is 1.95 bits per heavy atom. The van der Waals surface area contributed by atoms with Gasteiger partial charge in [-0.1, -0.05) is 11.6 Å². The molecule has 2 N–H and O–H groups in total. The van der Waals surface area contributed by atoms with Crippen LogP contribution in [0.4, 0.5) is 5.69 Å². The zero-order valence-electron chi connectivity index (χ0n) is 12.3. The van der Waals surface area contributed by atoms with Gasteiger partial charge in [0.1, 0.15) is 0 Å². The maximum Gasteiger partial charge on any atom is 0.254 e. The molecule has 21 heavy (non-hydrogen) atoms. The first kappa shape index (κ1) is 15.8. The summed E-state index contributed by atoms with van der Waals surface area (Å²) in [7, 11) is 3.33. The van der Waals surface area contributed by atoms with E-state index in [1.165, 1.54) is 4.90 Å². The second kappa shape index (κ2) is 6.91. The lowest BCUT2D eigenvalue weighted by molar-refractivity contribution is -0.120. The van der Waals surface area contributed by atoms with E-state index < -0.39 is 0 Å². The molecule has 0 aromatic heterocycles. The molecule has 2 amide bonds. The molecule has 5 nitrogen and oxygen atoms in total. The summed E-state index contributed by atoms with van der Waals surface area (Å²) in [5.74, 6) is -0.157. The Morgan fingerprint density at radius 1 is 1.29 bits per heavy atom. The fraction of sp³-hybridized carbons (Fsp3) is 0.467. The van der Waals surface area contributed by atoms with E-state index >= 15 is 0 Å². The van der Waals surface area contributed by atoms with Crippen molar-refractivity contribution in [2.45, 2.75) is 12.8 Å². The molecule has 114 valence electrons. The number of amides is 2. The van der Waals surface area contributed by atoms with Crippen LogP contribution in [0.5, 0.6) is 0 Å². The zero-order valence-corrected chi connectivity index (χ0v) is 13.0. The van der Waals surface area contributed by atoms with Gasteiger partial charge in [0.25, 0.3) is 5.91 Å². The van der Waals surface area contributed by atoms with Crippen molar-refractivity contribution < 1.29 is 9.59 Å². The van der Waals surface area contributed by atoms with E-state index in [2.05, 4.69) is 10.6 Å². The first-order chi connectivity index (χ1) is 9.99. The Bertz CT molecular complexity index is 540. The lowest BCUT2D eigenvalue weighted by atomic mass is 9.97. The van der Waals surface area contributed by atoms with Gasteiger partial charge in [-0.2, -0.15) is 0 Å². The standard InChI is InChI=1S/C15H20ClN3O2/c1-19(2)15(21)12-9-11(3-4-13(12)16)18-14(20)10-5-7-17-8-6-10/h3-4,9-10,17H,5-8H2,1-2H3,(H,18,20). The van der Waals surface area contributed by atoms with Crippen LogP contribution in [0.3, 0.4) is 0 Å². The Hall–Kier alpha value is -1.59. The molecule has 0 saturated carbocycles. The number of halogens is 1. The predicted octanol–water partition coefficient (Wildman–Crippen LogP) is 1.98. The first-order valence-corrected chi connectivity index (χ1v) is 7.39. The summed E-state index contributed by atoms with van der Waals surface area (Å²) in [6.07, 6.45) is 1.67. The van der Waals surface area contributed by atoms with Gasteiger partial charge >= 0.3 is 0 Å². The average Bonchev–Trinajstić information content (AvgIpc) is 2.49. The molecule has 1 aromatic rings. The number of hydrogen-bond acceptors (Lipinski definition) is 3. The Kier molecular flexibility index (Phi) is 5.20. The van der Waals surface area contributed by atoms with Crippen molar-refractivity contribution in [3.05, 3.63) is 28.8 Å². The van der Waals surface area contributed by atoms with Gasteiger partial charge in [0.05, 0.1) is 10.6 Å². The molecule has 0 bridgehead atoms. The Labute approximate surface area is 129 Å². The maximum absolute atomic E-state index is 12.2. The van der Waals surface area contributed by atoms with Crippen molar-refractivity contribution in [3.63, 3.8) is 0 Å². The molecule has 1 aliphatic heterocycles. The van der Waals surface area contributed by atoms with Crippen LogP contribution in [0.2, 0.25) is 5.02 Å². The number of carbonyl (C=O) groups is 2. The highest BCUT2D eigenvalue weighted by atomic mass is 35.5. The summed E-state index contributed by atoms with van der Waals surface area (Å²) in [6.45, 7) is 1.73. The molecule has 0 aliphatic carbocycles. The largest absolute Gasteiger partial charge is 0.345 e. The summed E-state index contributed by atoms with van der Waals surface area (Å²) in [5, 5.41) is 6.49. The Balaban J connectivity index is 2.11. The van der Waals surface area contributed by atoms with Crippen molar-refractivity contribution in [3.8, 4) is 0 Å². The second-order valence-electron chi connectivity index (χ2n) is 5.41. The molecule has 1 aromatic carbocycles. The van der Waals surface area contributed by atoms with Gasteiger partial charge in [-0.15, -0.1) is 0 Å². The minimum Gasteiger partial charge on any atom is -0.345 e. The van der Waals surface area contributed by atoms with Crippen LogP contribution in [-0.4, -0.2) is 43.9 Å². The quantitative estimate of drug-likeness (QED) is 0.897. The molecule has 0 unspecified atom stereocenters. The number of hydrogen-bond donors (Lipinski definition) is 2. The van der Waals surface area contributed by atoms with Crippen LogP contribution in [0, 0.1) is 5.92 Å². The molecule has 1 heterocycles. The number of piperidine rings is 1. The Morgan fingerprint density at radius 3 is 2.57 bits per heavy atom. The van der Waals surface area contributed by atoms with Crippen LogP contribution in [0.25, 0.3) is 0 Å². The van der Waals surface area contributed by atoms with Crippen LogP contribution in [0.15, 0.2) is 18.2 Å². The summed E-state index contributed by atoms with van der Waals surface area (Å²) in [4.78, 5) is 25.7. The normalized spacial score (nSPS) is 15.6. The molecule has 1 fully saturated rings. The lowest BCUT2D eigenvalue weighted by Gasteiger charge is -2.22. The highest BCUT2D eigenvalue weighted by molar-refractivity contribution is 6.34. The number of nitrogens with one attached hydrogen (secondary N) is 2. The second-order valence-corrected chi connectivity index (χ2v) is 5.81. The van der Waals surface area contributed by atoms with Gasteiger partial charge in [-0.25, -0.2) is 0 Å². The van der Waals surface area contributed by atoms with E-state index in [1.807, 2.05) is 0 Å². The number of anilines is 1. The van der Waals surface area contributed by atoms with Gasteiger partial charge in [-0.05, 0) is 44.1 Å². The predicted molar refractivity (Wildman–Crippen MR) is 83.7 cm³/mol. The topological polar surface area (TPSA) is 61.4 Å². The first-order valence-electron chi connectivity index (χ1n) is 7.02. The third-order valence-electron chi connectivity index (χ3n) is 3.58. The molecular formula is C15H20ClN3O2. The fourth-order valence-corrected chi connectivity index (χ4v) is 2.53. The fourth-order valence-electron chi connectivity index (χ4n) is 2.34. The van der Waals surface area contributed by atoms with E-state index in [1.54, 1.807) is 32.3 Å². The molecule has 0 spiro atoms. The van der Waals surface area contributed by atoms with Gasteiger partial charge in [-0.3, -0.25) is 9.59 Å². The molecule has 1 aliphatic rings. The zero-order chi connectivity index (χ0) is 15.4. The van der Waals surface area contributed by atoms with Crippen molar-refractivity contribution in [2.75, 3.05) is 32.5 Å². The summed E-state index contributed by atoms with van der Waals surface area (Å²) in [5.41, 5.74) is 0.998. The highest BCUT2D eigenvalue weighted by Crippen LogP contribution is 2.23. The third kappa shape index (κ3) is 3.95. The highest BCUT2D eigenvalue weighted by Gasteiger charge is 2.21. The third-order valence-corrected chi connectivity index (χ3v) is 3.91. The van der Waals surface area contributed by atoms with Gasteiger partial charge < -0.3 is 15.5 Å². The van der Waals surface area contributed by atoms with Crippen LogP contribution in [0.1, 0.15) is 23.2 Å². The lowest BCUT2D eigenvalue weighted by Crippen LogP contribution is -2.34. The van der Waals surface area contributed by atoms with E-state index in [0.717, 1.165) is 25.9 Å². The van der Waals surface area contributed by atoms with Gasteiger partial charge in [0.2, 0.25) is 5.91 Å². The van der Waals surface area contributed by atoms with Crippen LogP contribution >= 0.6 is 11.6 Å². The number of carbonyl (C=O) groups excluding carboxylic acids is 2. The molecule has 0 radical (unpaired) electrons. The van der Waals surface area contributed by atoms with Gasteiger partial charge in [0, 0.05) is 25.7 Å². The molecule has 0 atom stereocenters. The van der Waals surface area contributed by atoms with E-state index in [9.17, 15) is 9.59 Å². The van der Waals surface area contributed by atoms with E-state index in [-0.39, 0.29) is 17.7 Å². The number of benzene rings is 1. The molecule has 6 heteroatoms. The van der Waals surface area contributed by atoms with Crippen LogP contribution in [-0.2, 0) is 4.79 Å². The van der Waals surface area contributed by atoms with Crippen LogP contribution < -0.4 is 10.6 Å². The smallest absolute Gasteiger partial charge is 0.254 e. The summed E-state index contributed by atoms with van der Waals surface area (Å²) < 4.78 is 0. The minimum absolute atomic E-state index is 0.00192. The number of rotatable bonds is 3. The van der Waals surface area contributed by atoms with E-state index in [0.29, 0.717) is 16.3 Å². The van der Waals surface area contributed by atoms with Crippen molar-refractivity contribution in [1.82, 2.24) is 10.2 Å². The summed E-state index contributed by atoms with van der Waals surface area (Å²) >= 11 is 6.05. The molecule has 1 saturated heterocycles. The monoisotopic (exact) mass is 309 g/mol.